The van der Waals surface area contributed by atoms with Crippen LogP contribution in [-0.2, 0) is 6.54 Å². The van der Waals surface area contributed by atoms with Crippen molar-refractivity contribution in [2.75, 3.05) is 5.32 Å². The highest BCUT2D eigenvalue weighted by molar-refractivity contribution is 5.99. The predicted octanol–water partition coefficient (Wildman–Crippen LogP) is 2.28. The smallest absolute Gasteiger partial charge is 0.363 e. The van der Waals surface area contributed by atoms with E-state index >= 15 is 0 Å². The van der Waals surface area contributed by atoms with E-state index in [-0.39, 0.29) is 5.69 Å². The van der Waals surface area contributed by atoms with Crippen LogP contribution in [0.1, 0.15) is 11.3 Å². The summed E-state index contributed by atoms with van der Waals surface area (Å²) in [7, 11) is 0. The molecule has 0 unspecified atom stereocenters. The van der Waals surface area contributed by atoms with Crippen molar-refractivity contribution in [1.29, 1.82) is 0 Å². The Balaban J connectivity index is 1.66. The van der Waals surface area contributed by atoms with Gasteiger partial charge in [0.2, 0.25) is 0 Å². The van der Waals surface area contributed by atoms with Crippen LogP contribution < -0.4 is 11.0 Å². The van der Waals surface area contributed by atoms with Gasteiger partial charge in [-0.1, -0.05) is 0 Å². The number of aromatic nitrogens is 7. The minimum Gasteiger partial charge on any atom is -0.366 e. The number of rotatable bonds is 4. The molecule has 0 aliphatic carbocycles. The number of fused-ring (bicyclic) bond motifs is 2. The van der Waals surface area contributed by atoms with Gasteiger partial charge in [-0.15, -0.1) is 0 Å². The van der Waals surface area contributed by atoms with Crippen molar-refractivity contribution in [2.45, 2.75) is 13.5 Å². The van der Waals surface area contributed by atoms with Gasteiger partial charge >= 0.3 is 5.69 Å². The van der Waals surface area contributed by atoms with E-state index in [1.807, 2.05) is 37.4 Å². The lowest BCUT2D eigenvalue weighted by Gasteiger charge is -2.09. The SMILES string of the molecule is Cc1nn2c(=O)[nH]ncc2c1-c1cc(NCc2ccncc2)nc2[nH]ccc12. The average molecular weight is 372 g/mol. The molecule has 0 atom stereocenters. The van der Waals surface area contributed by atoms with E-state index in [0.717, 1.165) is 39.2 Å². The highest BCUT2D eigenvalue weighted by Crippen LogP contribution is 2.34. The first kappa shape index (κ1) is 16.2. The molecule has 5 aromatic heterocycles. The number of anilines is 1. The number of pyridine rings is 2. The van der Waals surface area contributed by atoms with E-state index in [9.17, 15) is 4.79 Å². The highest BCUT2D eigenvalue weighted by Gasteiger charge is 2.18. The van der Waals surface area contributed by atoms with Crippen molar-refractivity contribution in [3.63, 3.8) is 0 Å². The molecule has 9 nitrogen and oxygen atoms in total. The maximum absolute atomic E-state index is 12.1. The van der Waals surface area contributed by atoms with E-state index in [1.165, 1.54) is 4.52 Å². The summed E-state index contributed by atoms with van der Waals surface area (Å²) in [6.45, 7) is 2.50. The molecule has 0 radical (unpaired) electrons. The first-order valence-corrected chi connectivity index (χ1v) is 8.75. The van der Waals surface area contributed by atoms with Crippen LogP contribution in [0.3, 0.4) is 0 Å². The third-order valence-corrected chi connectivity index (χ3v) is 4.66. The Labute approximate surface area is 158 Å². The second-order valence-corrected chi connectivity index (χ2v) is 6.44. The van der Waals surface area contributed by atoms with Crippen molar-refractivity contribution in [3.8, 4) is 11.1 Å². The zero-order valence-electron chi connectivity index (χ0n) is 15.0. The quantitative estimate of drug-likeness (QED) is 0.446. The average Bonchev–Trinajstić information content (AvgIpc) is 3.31. The number of aryl methyl sites for hydroxylation is 1. The predicted molar refractivity (Wildman–Crippen MR) is 105 cm³/mol. The van der Waals surface area contributed by atoms with Gasteiger partial charge in [-0.3, -0.25) is 4.98 Å². The zero-order chi connectivity index (χ0) is 19.1. The number of nitrogens with zero attached hydrogens (tertiary/aromatic N) is 5. The van der Waals surface area contributed by atoms with Crippen LogP contribution in [0.2, 0.25) is 0 Å². The summed E-state index contributed by atoms with van der Waals surface area (Å²) >= 11 is 0. The summed E-state index contributed by atoms with van der Waals surface area (Å²) in [5, 5.41) is 15.0. The molecule has 138 valence electrons. The summed E-state index contributed by atoms with van der Waals surface area (Å²) in [4.78, 5) is 23.9. The van der Waals surface area contributed by atoms with Gasteiger partial charge in [0, 0.05) is 41.6 Å². The zero-order valence-corrected chi connectivity index (χ0v) is 15.0. The third kappa shape index (κ3) is 2.60. The Bertz CT molecular complexity index is 1350. The molecule has 5 aromatic rings. The van der Waals surface area contributed by atoms with Crippen LogP contribution in [0.15, 0.2) is 53.8 Å². The van der Waals surface area contributed by atoms with E-state index in [0.29, 0.717) is 12.1 Å². The molecule has 0 fully saturated rings. The Hall–Kier alpha value is -4.01. The monoisotopic (exact) mass is 372 g/mol. The second-order valence-electron chi connectivity index (χ2n) is 6.44. The fourth-order valence-electron chi connectivity index (χ4n) is 3.38. The molecule has 0 aliphatic heterocycles. The number of hydrogen-bond acceptors (Lipinski definition) is 6. The number of aromatic amines is 2. The van der Waals surface area contributed by atoms with Crippen LogP contribution in [-0.4, -0.2) is 34.8 Å². The molecule has 0 saturated heterocycles. The van der Waals surface area contributed by atoms with Crippen LogP contribution in [0.4, 0.5) is 5.82 Å². The first-order chi connectivity index (χ1) is 13.7. The Morgan fingerprint density at radius 2 is 2.07 bits per heavy atom. The topological polar surface area (TPSA) is 117 Å². The molecule has 9 heteroatoms. The number of nitrogens with one attached hydrogen (secondary N) is 3. The summed E-state index contributed by atoms with van der Waals surface area (Å²) in [6.07, 6.45) is 6.98. The van der Waals surface area contributed by atoms with Crippen LogP contribution >= 0.6 is 0 Å². The van der Waals surface area contributed by atoms with Crippen LogP contribution in [0.5, 0.6) is 0 Å². The molecule has 5 heterocycles. The van der Waals surface area contributed by atoms with Crippen molar-refractivity contribution >= 4 is 22.4 Å². The van der Waals surface area contributed by atoms with Crippen LogP contribution in [0, 0.1) is 6.92 Å². The summed E-state index contributed by atoms with van der Waals surface area (Å²) in [5.74, 6) is 0.721. The van der Waals surface area contributed by atoms with Gasteiger partial charge in [-0.2, -0.15) is 14.7 Å². The molecule has 0 spiro atoms. The second kappa shape index (κ2) is 6.31. The van der Waals surface area contributed by atoms with E-state index in [2.05, 4.69) is 35.6 Å². The molecule has 28 heavy (non-hydrogen) atoms. The molecule has 0 saturated carbocycles. The molecule has 0 aliphatic rings. The van der Waals surface area contributed by atoms with Crippen molar-refractivity contribution in [3.05, 3.63) is 70.8 Å². The van der Waals surface area contributed by atoms with Crippen molar-refractivity contribution in [2.24, 2.45) is 0 Å². The Kier molecular flexibility index (Phi) is 3.64. The van der Waals surface area contributed by atoms with E-state index in [4.69, 9.17) is 0 Å². The minimum absolute atomic E-state index is 0.373. The molecule has 3 N–H and O–H groups in total. The largest absolute Gasteiger partial charge is 0.366 e. The standard InChI is InChI=1S/C19H16N8O/c1-11-17(15-10-23-25-19(28)27(15)26-11)14-8-16(24-18-13(14)4-7-21-18)22-9-12-2-5-20-6-3-12/h2-8,10H,9H2,1H3,(H,25,28)(H2,21,22,24). The Morgan fingerprint density at radius 1 is 1.21 bits per heavy atom. The lowest BCUT2D eigenvalue weighted by Crippen LogP contribution is -2.18. The maximum atomic E-state index is 12.1. The fourth-order valence-corrected chi connectivity index (χ4v) is 3.38. The molecule has 0 amide bonds. The van der Waals surface area contributed by atoms with E-state index < -0.39 is 0 Å². The van der Waals surface area contributed by atoms with Crippen molar-refractivity contribution < 1.29 is 0 Å². The van der Waals surface area contributed by atoms with Crippen LogP contribution in [0.25, 0.3) is 27.7 Å². The lowest BCUT2D eigenvalue weighted by molar-refractivity contribution is 0.801. The van der Waals surface area contributed by atoms with Gasteiger partial charge < -0.3 is 10.3 Å². The van der Waals surface area contributed by atoms with Gasteiger partial charge in [0.15, 0.2) is 0 Å². The molecular formula is C19H16N8O. The highest BCUT2D eigenvalue weighted by atomic mass is 16.1. The number of hydrogen-bond donors (Lipinski definition) is 3. The van der Waals surface area contributed by atoms with Gasteiger partial charge in [0.05, 0.1) is 11.9 Å². The van der Waals surface area contributed by atoms with Crippen molar-refractivity contribution in [1.82, 2.24) is 34.8 Å². The summed E-state index contributed by atoms with van der Waals surface area (Å²) in [6, 6.07) is 7.85. The normalized spacial score (nSPS) is 11.3. The molecular weight excluding hydrogens is 356 g/mol. The van der Waals surface area contributed by atoms with Gasteiger partial charge in [0.25, 0.3) is 0 Å². The third-order valence-electron chi connectivity index (χ3n) is 4.66. The lowest BCUT2D eigenvalue weighted by atomic mass is 10.0. The summed E-state index contributed by atoms with van der Waals surface area (Å²) in [5.41, 5.74) is 4.67. The van der Waals surface area contributed by atoms with Gasteiger partial charge in [-0.05, 0) is 36.8 Å². The fraction of sp³-hybridized carbons (Fsp3) is 0.105. The van der Waals surface area contributed by atoms with E-state index in [1.54, 1.807) is 18.6 Å². The summed E-state index contributed by atoms with van der Waals surface area (Å²) < 4.78 is 1.33. The number of H-pyrrole nitrogens is 2. The van der Waals surface area contributed by atoms with Gasteiger partial charge in [-0.25, -0.2) is 14.9 Å². The molecule has 0 bridgehead atoms. The first-order valence-electron chi connectivity index (χ1n) is 8.75. The maximum Gasteiger partial charge on any atom is 0.363 e. The minimum atomic E-state index is -0.373. The Morgan fingerprint density at radius 3 is 2.93 bits per heavy atom. The molecule has 0 aromatic carbocycles. The van der Waals surface area contributed by atoms with Gasteiger partial charge in [0.1, 0.15) is 17.0 Å². The molecule has 5 rings (SSSR count).